The molecular weight excluding hydrogens is 274 g/mol. The molecule has 1 aliphatic carbocycles. The monoisotopic (exact) mass is 291 g/mol. The first-order valence-corrected chi connectivity index (χ1v) is 8.10. The average Bonchev–Trinajstić information content (AvgIpc) is 3.18. The highest BCUT2D eigenvalue weighted by molar-refractivity contribution is 7.89. The van der Waals surface area contributed by atoms with Crippen molar-refractivity contribution in [1.82, 2.24) is 14.5 Å². The highest BCUT2D eigenvalue weighted by atomic mass is 32.2. The molecular formula is C14H17N3O2S. The third-order valence-electron chi connectivity index (χ3n) is 3.53. The van der Waals surface area contributed by atoms with E-state index in [1.807, 2.05) is 30.3 Å². The second-order valence-electron chi connectivity index (χ2n) is 5.20. The van der Waals surface area contributed by atoms with E-state index in [-0.39, 0.29) is 10.9 Å². The van der Waals surface area contributed by atoms with Crippen LogP contribution in [0, 0.1) is 5.92 Å². The normalized spacial score (nSPS) is 17.1. The van der Waals surface area contributed by atoms with E-state index in [2.05, 4.69) is 9.82 Å². The second-order valence-corrected chi connectivity index (χ2v) is 6.91. The molecule has 1 atom stereocenters. The van der Waals surface area contributed by atoms with Crippen molar-refractivity contribution < 1.29 is 8.42 Å². The lowest BCUT2D eigenvalue weighted by Crippen LogP contribution is -2.29. The first-order valence-electron chi connectivity index (χ1n) is 6.62. The van der Waals surface area contributed by atoms with E-state index in [0.29, 0.717) is 5.92 Å². The lowest BCUT2D eigenvalue weighted by molar-refractivity contribution is 0.529. The summed E-state index contributed by atoms with van der Waals surface area (Å²) in [5, 5.41) is 3.92. The number of hydrogen-bond acceptors (Lipinski definition) is 3. The van der Waals surface area contributed by atoms with Crippen LogP contribution in [-0.2, 0) is 17.1 Å². The molecule has 0 spiro atoms. The Morgan fingerprint density at radius 2 is 2.00 bits per heavy atom. The summed E-state index contributed by atoms with van der Waals surface area (Å²) >= 11 is 0. The number of rotatable bonds is 5. The molecule has 1 saturated carbocycles. The van der Waals surface area contributed by atoms with Crippen LogP contribution in [0.1, 0.15) is 24.4 Å². The molecule has 1 aliphatic rings. The van der Waals surface area contributed by atoms with Crippen molar-refractivity contribution in [1.29, 1.82) is 0 Å². The van der Waals surface area contributed by atoms with Crippen LogP contribution in [-0.4, -0.2) is 18.2 Å². The highest BCUT2D eigenvalue weighted by Crippen LogP contribution is 2.41. The minimum absolute atomic E-state index is 0.151. The summed E-state index contributed by atoms with van der Waals surface area (Å²) < 4.78 is 29.1. The molecule has 1 heterocycles. The van der Waals surface area contributed by atoms with E-state index in [4.69, 9.17) is 0 Å². The molecule has 5 nitrogen and oxygen atoms in total. The summed E-state index contributed by atoms with van der Waals surface area (Å²) in [5.74, 6) is 0.392. The van der Waals surface area contributed by atoms with Gasteiger partial charge in [0.25, 0.3) is 0 Å². The predicted octanol–water partition coefficient (Wildman–Crippen LogP) is 1.85. The Hall–Kier alpha value is -1.66. The molecule has 3 rings (SSSR count). The van der Waals surface area contributed by atoms with Crippen molar-refractivity contribution >= 4 is 10.0 Å². The fourth-order valence-electron chi connectivity index (χ4n) is 2.30. The Kier molecular flexibility index (Phi) is 3.35. The van der Waals surface area contributed by atoms with Crippen LogP contribution in [0.5, 0.6) is 0 Å². The van der Waals surface area contributed by atoms with E-state index in [9.17, 15) is 8.42 Å². The van der Waals surface area contributed by atoms with Crippen molar-refractivity contribution in [3.05, 3.63) is 48.3 Å². The SMILES string of the molecule is Cn1cc(S(=O)(=O)N[C@@H](c2ccccc2)C2CC2)cn1. The Labute approximate surface area is 118 Å². The van der Waals surface area contributed by atoms with Crippen molar-refractivity contribution in [2.75, 3.05) is 0 Å². The van der Waals surface area contributed by atoms with Gasteiger partial charge in [-0.3, -0.25) is 4.68 Å². The van der Waals surface area contributed by atoms with Crippen LogP contribution in [0.25, 0.3) is 0 Å². The number of sulfonamides is 1. The van der Waals surface area contributed by atoms with Crippen LogP contribution in [0.2, 0.25) is 0 Å². The molecule has 1 aromatic heterocycles. The number of benzene rings is 1. The van der Waals surface area contributed by atoms with Gasteiger partial charge >= 0.3 is 0 Å². The molecule has 0 unspecified atom stereocenters. The van der Waals surface area contributed by atoms with Crippen molar-refractivity contribution in [3.8, 4) is 0 Å². The van der Waals surface area contributed by atoms with E-state index in [1.165, 1.54) is 17.1 Å². The van der Waals surface area contributed by atoms with Gasteiger partial charge in [0.05, 0.1) is 6.20 Å². The van der Waals surface area contributed by atoms with Crippen LogP contribution in [0.15, 0.2) is 47.6 Å². The molecule has 0 saturated heterocycles. The Morgan fingerprint density at radius 3 is 2.55 bits per heavy atom. The van der Waals surface area contributed by atoms with Gasteiger partial charge in [-0.25, -0.2) is 13.1 Å². The van der Waals surface area contributed by atoms with Gasteiger partial charge in [0.15, 0.2) is 0 Å². The van der Waals surface area contributed by atoms with Crippen molar-refractivity contribution in [2.24, 2.45) is 13.0 Å². The van der Waals surface area contributed by atoms with Crippen LogP contribution >= 0.6 is 0 Å². The maximum absolute atomic E-state index is 12.4. The fraction of sp³-hybridized carbons (Fsp3) is 0.357. The molecule has 6 heteroatoms. The molecule has 0 radical (unpaired) electrons. The Balaban J connectivity index is 1.87. The molecule has 0 amide bonds. The van der Waals surface area contributed by atoms with E-state index >= 15 is 0 Å². The fourth-order valence-corrected chi connectivity index (χ4v) is 3.58. The molecule has 106 valence electrons. The number of nitrogens with one attached hydrogen (secondary N) is 1. The van der Waals surface area contributed by atoms with E-state index in [0.717, 1.165) is 18.4 Å². The van der Waals surface area contributed by atoms with Crippen LogP contribution < -0.4 is 4.72 Å². The van der Waals surface area contributed by atoms with Gasteiger partial charge in [-0.2, -0.15) is 5.10 Å². The smallest absolute Gasteiger partial charge is 0.244 e. The van der Waals surface area contributed by atoms with Gasteiger partial charge < -0.3 is 0 Å². The Bertz CT molecular complexity index is 690. The highest BCUT2D eigenvalue weighted by Gasteiger charge is 2.35. The molecule has 0 bridgehead atoms. The zero-order valence-corrected chi connectivity index (χ0v) is 12.0. The lowest BCUT2D eigenvalue weighted by atomic mass is 10.0. The zero-order chi connectivity index (χ0) is 14.2. The number of aryl methyl sites for hydroxylation is 1. The summed E-state index contributed by atoms with van der Waals surface area (Å²) in [7, 11) is -1.82. The van der Waals surface area contributed by atoms with Crippen LogP contribution in [0.4, 0.5) is 0 Å². The lowest BCUT2D eigenvalue weighted by Gasteiger charge is -2.18. The van der Waals surface area contributed by atoms with Gasteiger partial charge in [0, 0.05) is 19.3 Å². The van der Waals surface area contributed by atoms with Gasteiger partial charge in [0.2, 0.25) is 10.0 Å². The maximum atomic E-state index is 12.4. The van der Waals surface area contributed by atoms with Crippen molar-refractivity contribution in [3.63, 3.8) is 0 Å². The largest absolute Gasteiger partial charge is 0.274 e. The molecule has 1 fully saturated rings. The topological polar surface area (TPSA) is 64.0 Å². The third kappa shape index (κ3) is 2.76. The number of hydrogen-bond donors (Lipinski definition) is 1. The van der Waals surface area contributed by atoms with Gasteiger partial charge in [-0.05, 0) is 24.3 Å². The quantitative estimate of drug-likeness (QED) is 0.914. The molecule has 20 heavy (non-hydrogen) atoms. The second kappa shape index (κ2) is 5.03. The molecule has 0 aliphatic heterocycles. The van der Waals surface area contributed by atoms with Gasteiger partial charge in [-0.1, -0.05) is 30.3 Å². The molecule has 1 aromatic carbocycles. The third-order valence-corrected chi connectivity index (χ3v) is 4.92. The van der Waals surface area contributed by atoms with Crippen LogP contribution in [0.3, 0.4) is 0 Å². The average molecular weight is 291 g/mol. The van der Waals surface area contributed by atoms with Crippen molar-refractivity contribution in [2.45, 2.75) is 23.8 Å². The summed E-state index contributed by atoms with van der Waals surface area (Å²) in [6.45, 7) is 0. The molecule has 2 aromatic rings. The first-order chi connectivity index (χ1) is 9.56. The number of aromatic nitrogens is 2. The standard InChI is InChI=1S/C14H17N3O2S/c1-17-10-13(9-15-17)20(18,19)16-14(12-7-8-12)11-5-3-2-4-6-11/h2-6,9-10,12,14,16H,7-8H2,1H3/t14-/m0/s1. The summed E-state index contributed by atoms with van der Waals surface area (Å²) in [6.07, 6.45) is 5.01. The predicted molar refractivity (Wildman–Crippen MR) is 75.4 cm³/mol. The summed E-state index contributed by atoms with van der Waals surface area (Å²) in [6, 6.07) is 9.58. The van der Waals surface area contributed by atoms with E-state index < -0.39 is 10.0 Å². The first kappa shape index (κ1) is 13.3. The number of nitrogens with zero attached hydrogens (tertiary/aromatic N) is 2. The van der Waals surface area contributed by atoms with Gasteiger partial charge in [-0.15, -0.1) is 0 Å². The van der Waals surface area contributed by atoms with E-state index in [1.54, 1.807) is 7.05 Å². The molecule has 1 N–H and O–H groups in total. The minimum atomic E-state index is -3.53. The zero-order valence-electron chi connectivity index (χ0n) is 11.2. The summed E-state index contributed by atoms with van der Waals surface area (Å²) in [4.78, 5) is 0.210. The maximum Gasteiger partial charge on any atom is 0.244 e. The minimum Gasteiger partial charge on any atom is -0.274 e. The summed E-state index contributed by atoms with van der Waals surface area (Å²) in [5.41, 5.74) is 1.02. The Morgan fingerprint density at radius 1 is 1.30 bits per heavy atom. The van der Waals surface area contributed by atoms with Gasteiger partial charge in [0.1, 0.15) is 4.90 Å².